The van der Waals surface area contributed by atoms with Gasteiger partial charge in [0.15, 0.2) is 5.82 Å². The van der Waals surface area contributed by atoms with Gasteiger partial charge in [-0.1, -0.05) is 0 Å². The van der Waals surface area contributed by atoms with E-state index in [2.05, 4.69) is 26.0 Å². The van der Waals surface area contributed by atoms with Gasteiger partial charge >= 0.3 is 5.97 Å². The highest BCUT2D eigenvalue weighted by atomic mass is 79.9. The Kier molecular flexibility index (Phi) is 3.28. The number of rotatable bonds is 4. The zero-order chi connectivity index (χ0) is 12.4. The molecule has 2 rings (SSSR count). The van der Waals surface area contributed by atoms with Crippen molar-refractivity contribution in [3.63, 3.8) is 0 Å². The molecule has 0 amide bonds. The Bertz CT molecular complexity index is 546. The first-order valence-corrected chi connectivity index (χ1v) is 5.79. The van der Waals surface area contributed by atoms with Gasteiger partial charge in [-0.2, -0.15) is 5.10 Å². The summed E-state index contributed by atoms with van der Waals surface area (Å²) in [7, 11) is 1.80. The fourth-order valence-corrected chi connectivity index (χ4v) is 2.02. The normalized spacial score (nSPS) is 10.7. The molecular formula is C10H11BrN4O2. The van der Waals surface area contributed by atoms with Crippen LogP contribution in [0.15, 0.2) is 23.1 Å². The molecule has 0 fully saturated rings. The molecule has 0 unspecified atom stereocenters. The van der Waals surface area contributed by atoms with Crippen molar-refractivity contribution >= 4 is 21.9 Å². The lowest BCUT2D eigenvalue weighted by Gasteiger charge is -2.03. The molecule has 90 valence electrons. The van der Waals surface area contributed by atoms with Gasteiger partial charge in [0, 0.05) is 30.7 Å². The zero-order valence-corrected chi connectivity index (χ0v) is 10.8. The molecule has 0 bridgehead atoms. The molecule has 1 N–H and O–H groups in total. The second kappa shape index (κ2) is 4.70. The lowest BCUT2D eigenvalue weighted by molar-refractivity contribution is 0.0685. The number of hydrogen-bond acceptors (Lipinski definition) is 3. The number of aryl methyl sites for hydroxylation is 3. The van der Waals surface area contributed by atoms with Crippen LogP contribution in [0.5, 0.6) is 0 Å². The van der Waals surface area contributed by atoms with E-state index in [0.717, 1.165) is 4.47 Å². The summed E-state index contributed by atoms with van der Waals surface area (Å²) in [6.45, 7) is 0.539. The molecular weight excluding hydrogens is 288 g/mol. The predicted octanol–water partition coefficient (Wildman–Crippen LogP) is 1.32. The first-order chi connectivity index (χ1) is 8.06. The third-order valence-corrected chi connectivity index (χ3v) is 2.74. The minimum atomic E-state index is -0.940. The predicted molar refractivity (Wildman–Crippen MR) is 63.8 cm³/mol. The second-order valence-corrected chi connectivity index (χ2v) is 4.54. The fourth-order valence-electron chi connectivity index (χ4n) is 1.56. The van der Waals surface area contributed by atoms with E-state index in [4.69, 9.17) is 5.11 Å². The van der Waals surface area contributed by atoms with Crippen molar-refractivity contribution in [2.75, 3.05) is 0 Å². The van der Waals surface area contributed by atoms with Crippen LogP contribution in [0.3, 0.4) is 0 Å². The standard InChI is InChI=1S/C10H11BrN4O2/c1-14-6-12-9(13-14)2-3-15-5-7(11)4-8(15)10(16)17/h4-6H,2-3H2,1H3,(H,16,17). The van der Waals surface area contributed by atoms with Gasteiger partial charge in [-0.3, -0.25) is 4.68 Å². The molecule has 0 spiro atoms. The van der Waals surface area contributed by atoms with Crippen LogP contribution in [0.1, 0.15) is 16.3 Å². The summed E-state index contributed by atoms with van der Waals surface area (Å²) >= 11 is 3.26. The molecule has 0 saturated heterocycles. The van der Waals surface area contributed by atoms with Crippen LogP contribution in [-0.4, -0.2) is 30.4 Å². The fraction of sp³-hybridized carbons (Fsp3) is 0.300. The Hall–Kier alpha value is -1.63. The van der Waals surface area contributed by atoms with E-state index in [-0.39, 0.29) is 5.69 Å². The number of nitrogens with zero attached hydrogens (tertiary/aromatic N) is 4. The zero-order valence-electron chi connectivity index (χ0n) is 9.17. The van der Waals surface area contributed by atoms with Crippen LogP contribution < -0.4 is 0 Å². The van der Waals surface area contributed by atoms with Gasteiger partial charge in [-0.25, -0.2) is 9.78 Å². The van der Waals surface area contributed by atoms with Crippen LogP contribution in [0.25, 0.3) is 0 Å². The molecule has 17 heavy (non-hydrogen) atoms. The van der Waals surface area contributed by atoms with Crippen LogP contribution >= 0.6 is 15.9 Å². The molecule has 6 nitrogen and oxygen atoms in total. The number of hydrogen-bond donors (Lipinski definition) is 1. The summed E-state index contributed by atoms with van der Waals surface area (Å²) in [6.07, 6.45) is 3.97. The van der Waals surface area contributed by atoms with E-state index in [0.29, 0.717) is 18.8 Å². The van der Waals surface area contributed by atoms with Crippen molar-refractivity contribution < 1.29 is 9.90 Å². The van der Waals surface area contributed by atoms with Gasteiger partial charge in [0.1, 0.15) is 12.0 Å². The lowest BCUT2D eigenvalue weighted by Crippen LogP contribution is -2.09. The van der Waals surface area contributed by atoms with Gasteiger partial charge in [0.2, 0.25) is 0 Å². The number of carbonyl (C=O) groups is 1. The molecule has 0 aliphatic rings. The minimum absolute atomic E-state index is 0.257. The van der Waals surface area contributed by atoms with Gasteiger partial charge in [0.25, 0.3) is 0 Å². The van der Waals surface area contributed by atoms with Crippen LogP contribution in [0.2, 0.25) is 0 Å². The Morgan fingerprint density at radius 3 is 2.94 bits per heavy atom. The lowest BCUT2D eigenvalue weighted by atomic mass is 10.4. The van der Waals surface area contributed by atoms with Crippen molar-refractivity contribution in [1.82, 2.24) is 19.3 Å². The molecule has 0 aliphatic carbocycles. The van der Waals surface area contributed by atoms with Crippen molar-refractivity contribution in [1.29, 1.82) is 0 Å². The summed E-state index contributed by atoms with van der Waals surface area (Å²) in [5.74, 6) is -0.238. The minimum Gasteiger partial charge on any atom is -0.477 e. The summed E-state index contributed by atoms with van der Waals surface area (Å²) in [5, 5.41) is 13.1. The summed E-state index contributed by atoms with van der Waals surface area (Å²) in [4.78, 5) is 15.1. The highest BCUT2D eigenvalue weighted by Crippen LogP contribution is 2.15. The Labute approximate surface area is 106 Å². The van der Waals surface area contributed by atoms with Crippen LogP contribution in [0.4, 0.5) is 0 Å². The maximum Gasteiger partial charge on any atom is 0.352 e. The highest BCUT2D eigenvalue weighted by Gasteiger charge is 2.11. The average molecular weight is 299 g/mol. The molecule has 2 aromatic rings. The highest BCUT2D eigenvalue weighted by molar-refractivity contribution is 9.10. The second-order valence-electron chi connectivity index (χ2n) is 3.63. The van der Waals surface area contributed by atoms with E-state index >= 15 is 0 Å². The van der Waals surface area contributed by atoms with Crippen LogP contribution in [-0.2, 0) is 20.0 Å². The van der Waals surface area contributed by atoms with Crippen molar-refractivity contribution in [2.45, 2.75) is 13.0 Å². The van der Waals surface area contributed by atoms with Gasteiger partial charge < -0.3 is 9.67 Å². The number of halogens is 1. The maximum absolute atomic E-state index is 11.0. The van der Waals surface area contributed by atoms with Gasteiger partial charge in [0.05, 0.1) is 0 Å². The monoisotopic (exact) mass is 298 g/mol. The molecule has 2 heterocycles. The molecule has 0 radical (unpaired) electrons. The van der Waals surface area contributed by atoms with E-state index in [9.17, 15) is 4.79 Å². The van der Waals surface area contributed by atoms with Gasteiger partial charge in [-0.15, -0.1) is 0 Å². The quantitative estimate of drug-likeness (QED) is 0.924. The van der Waals surface area contributed by atoms with E-state index in [1.54, 1.807) is 34.9 Å². The van der Waals surface area contributed by atoms with E-state index < -0.39 is 5.97 Å². The largest absolute Gasteiger partial charge is 0.477 e. The van der Waals surface area contributed by atoms with Crippen molar-refractivity contribution in [3.8, 4) is 0 Å². The molecule has 0 atom stereocenters. The molecule has 0 aromatic carbocycles. The number of aromatic carboxylic acids is 1. The Balaban J connectivity index is 2.11. The Morgan fingerprint density at radius 1 is 1.59 bits per heavy atom. The third-order valence-electron chi connectivity index (χ3n) is 2.31. The maximum atomic E-state index is 11.0. The molecule has 7 heteroatoms. The molecule has 2 aromatic heterocycles. The number of carboxylic acids is 1. The molecule has 0 aliphatic heterocycles. The first kappa shape index (κ1) is 11.8. The number of carboxylic acid groups (broad SMARTS) is 1. The Morgan fingerprint density at radius 2 is 2.35 bits per heavy atom. The topological polar surface area (TPSA) is 72.9 Å². The summed E-state index contributed by atoms with van der Waals surface area (Å²) in [6, 6.07) is 1.58. The first-order valence-electron chi connectivity index (χ1n) is 5.00. The van der Waals surface area contributed by atoms with Gasteiger partial charge in [-0.05, 0) is 22.0 Å². The summed E-state index contributed by atoms with van der Waals surface area (Å²) in [5.41, 5.74) is 0.257. The van der Waals surface area contributed by atoms with Crippen molar-refractivity contribution in [3.05, 3.63) is 34.6 Å². The summed E-state index contributed by atoms with van der Waals surface area (Å²) < 4.78 is 4.05. The van der Waals surface area contributed by atoms with Crippen LogP contribution in [0, 0.1) is 0 Å². The third kappa shape index (κ3) is 2.73. The molecule has 0 saturated carbocycles. The van der Waals surface area contributed by atoms with E-state index in [1.165, 1.54) is 0 Å². The smallest absolute Gasteiger partial charge is 0.352 e. The SMILES string of the molecule is Cn1cnc(CCn2cc(Br)cc2C(=O)O)n1. The number of aromatic nitrogens is 4. The van der Waals surface area contributed by atoms with Crippen molar-refractivity contribution in [2.24, 2.45) is 7.05 Å². The average Bonchev–Trinajstić information content (AvgIpc) is 2.82. The van der Waals surface area contributed by atoms with E-state index in [1.807, 2.05) is 0 Å².